The number of fused-ring (bicyclic) bond motifs is 1. The van der Waals surface area contributed by atoms with Gasteiger partial charge in [0.05, 0.1) is 12.5 Å². The summed E-state index contributed by atoms with van der Waals surface area (Å²) < 4.78 is 5.63. The molecule has 0 fully saturated rings. The number of carbonyl (C=O) groups is 2. The molecule has 1 unspecified atom stereocenters. The standard InChI is InChI=1S/C27H27NO3/c1-18(26(30)31-27(2,3)4)22-15-14-21(16-24(22)19-10-6-5-7-11-19)28-17-20-12-8-9-13-23(20)25(28)29/h5-16,18H,17H2,1-4H3. The van der Waals surface area contributed by atoms with Crippen LogP contribution < -0.4 is 4.90 Å². The molecule has 1 aliphatic rings. The Kier molecular flexibility index (Phi) is 5.40. The first-order chi connectivity index (χ1) is 14.7. The second-order valence-electron chi connectivity index (χ2n) is 8.94. The van der Waals surface area contributed by atoms with Gasteiger partial charge in [-0.1, -0.05) is 54.6 Å². The fourth-order valence-corrected chi connectivity index (χ4v) is 3.94. The molecule has 158 valence electrons. The fourth-order valence-electron chi connectivity index (χ4n) is 3.94. The Morgan fingerprint density at radius 2 is 1.61 bits per heavy atom. The number of hydrogen-bond donors (Lipinski definition) is 0. The zero-order chi connectivity index (χ0) is 22.2. The SMILES string of the molecule is CC(C(=O)OC(C)(C)C)c1ccc(N2Cc3ccccc3C2=O)cc1-c1ccccc1. The van der Waals surface area contributed by atoms with Crippen molar-refractivity contribution in [3.63, 3.8) is 0 Å². The van der Waals surface area contributed by atoms with Gasteiger partial charge in [-0.15, -0.1) is 0 Å². The highest BCUT2D eigenvalue weighted by molar-refractivity contribution is 6.10. The minimum atomic E-state index is -0.550. The van der Waals surface area contributed by atoms with Gasteiger partial charge in [-0.05, 0) is 68.1 Å². The zero-order valence-corrected chi connectivity index (χ0v) is 18.4. The topological polar surface area (TPSA) is 46.6 Å². The fraction of sp³-hybridized carbons (Fsp3) is 0.259. The molecule has 1 aliphatic heterocycles. The van der Waals surface area contributed by atoms with Gasteiger partial charge in [0.15, 0.2) is 0 Å². The van der Waals surface area contributed by atoms with E-state index in [1.165, 1.54) is 0 Å². The molecule has 0 N–H and O–H groups in total. The summed E-state index contributed by atoms with van der Waals surface area (Å²) >= 11 is 0. The largest absolute Gasteiger partial charge is 0.460 e. The monoisotopic (exact) mass is 413 g/mol. The number of rotatable bonds is 4. The minimum absolute atomic E-state index is 0.00236. The van der Waals surface area contributed by atoms with Crippen LogP contribution in [0.4, 0.5) is 5.69 Å². The van der Waals surface area contributed by atoms with E-state index in [1.54, 1.807) is 4.90 Å². The summed E-state index contributed by atoms with van der Waals surface area (Å²) in [5, 5.41) is 0. The molecule has 4 heteroatoms. The van der Waals surface area contributed by atoms with E-state index in [-0.39, 0.29) is 11.9 Å². The third-order valence-corrected chi connectivity index (χ3v) is 5.48. The lowest BCUT2D eigenvalue weighted by atomic mass is 9.90. The molecular weight excluding hydrogens is 386 g/mol. The van der Waals surface area contributed by atoms with Crippen LogP contribution in [-0.4, -0.2) is 17.5 Å². The van der Waals surface area contributed by atoms with Gasteiger partial charge in [0.2, 0.25) is 0 Å². The van der Waals surface area contributed by atoms with Gasteiger partial charge in [0.1, 0.15) is 5.60 Å². The molecule has 0 bridgehead atoms. The normalized spacial score (nSPS) is 14.3. The van der Waals surface area contributed by atoms with E-state index in [0.717, 1.165) is 33.5 Å². The van der Waals surface area contributed by atoms with Crippen LogP contribution in [0.5, 0.6) is 0 Å². The highest BCUT2D eigenvalue weighted by Gasteiger charge is 2.30. The summed E-state index contributed by atoms with van der Waals surface area (Å²) in [6.45, 7) is 8.02. The third-order valence-electron chi connectivity index (χ3n) is 5.48. The summed E-state index contributed by atoms with van der Waals surface area (Å²) in [5.74, 6) is -0.695. The van der Waals surface area contributed by atoms with E-state index < -0.39 is 11.5 Å². The molecule has 0 saturated heterocycles. The number of nitrogens with zero attached hydrogens (tertiary/aromatic N) is 1. The van der Waals surface area contributed by atoms with Crippen LogP contribution in [0.2, 0.25) is 0 Å². The van der Waals surface area contributed by atoms with E-state index in [4.69, 9.17) is 4.74 Å². The molecule has 0 aromatic heterocycles. The molecule has 1 atom stereocenters. The quantitative estimate of drug-likeness (QED) is 0.496. The van der Waals surface area contributed by atoms with Crippen molar-refractivity contribution in [1.29, 1.82) is 0 Å². The minimum Gasteiger partial charge on any atom is -0.460 e. The molecule has 3 aromatic rings. The molecule has 3 aromatic carbocycles. The number of ether oxygens (including phenoxy) is 1. The number of carbonyl (C=O) groups excluding carboxylic acids is 2. The molecule has 0 aliphatic carbocycles. The summed E-state index contributed by atoms with van der Waals surface area (Å²) in [5.41, 5.74) is 4.86. The van der Waals surface area contributed by atoms with Crippen LogP contribution in [0, 0.1) is 0 Å². The van der Waals surface area contributed by atoms with Gasteiger partial charge in [0, 0.05) is 11.3 Å². The summed E-state index contributed by atoms with van der Waals surface area (Å²) in [7, 11) is 0. The summed E-state index contributed by atoms with van der Waals surface area (Å²) in [4.78, 5) is 27.6. The lowest BCUT2D eigenvalue weighted by molar-refractivity contribution is -0.156. The Hall–Kier alpha value is -3.40. The zero-order valence-electron chi connectivity index (χ0n) is 18.4. The van der Waals surface area contributed by atoms with E-state index in [1.807, 2.05) is 100 Å². The van der Waals surface area contributed by atoms with Crippen molar-refractivity contribution in [1.82, 2.24) is 0 Å². The van der Waals surface area contributed by atoms with Crippen molar-refractivity contribution >= 4 is 17.6 Å². The maximum Gasteiger partial charge on any atom is 0.313 e. The van der Waals surface area contributed by atoms with Crippen LogP contribution in [0.1, 0.15) is 55.1 Å². The molecular formula is C27H27NO3. The molecule has 31 heavy (non-hydrogen) atoms. The Morgan fingerprint density at radius 3 is 2.29 bits per heavy atom. The summed E-state index contributed by atoms with van der Waals surface area (Å²) in [6.07, 6.45) is 0. The second-order valence-corrected chi connectivity index (χ2v) is 8.94. The molecule has 4 rings (SSSR count). The smallest absolute Gasteiger partial charge is 0.313 e. The predicted molar refractivity (Wildman–Crippen MR) is 123 cm³/mol. The van der Waals surface area contributed by atoms with Crippen LogP contribution in [0.25, 0.3) is 11.1 Å². The number of benzene rings is 3. The van der Waals surface area contributed by atoms with Crippen molar-refractivity contribution in [2.45, 2.75) is 45.8 Å². The first-order valence-corrected chi connectivity index (χ1v) is 10.6. The van der Waals surface area contributed by atoms with Gasteiger partial charge >= 0.3 is 5.97 Å². The average Bonchev–Trinajstić information content (AvgIpc) is 3.09. The first kappa shape index (κ1) is 20.9. The Bertz CT molecular complexity index is 1130. The molecule has 0 radical (unpaired) electrons. The lowest BCUT2D eigenvalue weighted by Crippen LogP contribution is -2.27. The number of esters is 1. The van der Waals surface area contributed by atoms with Crippen molar-refractivity contribution < 1.29 is 14.3 Å². The van der Waals surface area contributed by atoms with Crippen molar-refractivity contribution in [3.05, 3.63) is 89.5 Å². The highest BCUT2D eigenvalue weighted by atomic mass is 16.6. The molecule has 1 amide bonds. The molecule has 1 heterocycles. The van der Waals surface area contributed by atoms with Crippen LogP contribution in [0.3, 0.4) is 0 Å². The molecule has 0 saturated carbocycles. The maximum absolute atomic E-state index is 13.0. The third kappa shape index (κ3) is 4.24. The maximum atomic E-state index is 13.0. The van der Waals surface area contributed by atoms with Crippen LogP contribution in [-0.2, 0) is 16.1 Å². The summed E-state index contributed by atoms with van der Waals surface area (Å²) in [6, 6.07) is 23.5. The van der Waals surface area contributed by atoms with Gasteiger partial charge < -0.3 is 9.64 Å². The van der Waals surface area contributed by atoms with Crippen molar-refractivity contribution in [2.24, 2.45) is 0 Å². The van der Waals surface area contributed by atoms with E-state index in [9.17, 15) is 9.59 Å². The van der Waals surface area contributed by atoms with Crippen LogP contribution in [0.15, 0.2) is 72.8 Å². The Morgan fingerprint density at radius 1 is 0.935 bits per heavy atom. The number of anilines is 1. The predicted octanol–water partition coefficient (Wildman–Crippen LogP) is 5.96. The van der Waals surface area contributed by atoms with Crippen LogP contribution >= 0.6 is 0 Å². The Balaban J connectivity index is 1.75. The first-order valence-electron chi connectivity index (χ1n) is 10.6. The van der Waals surface area contributed by atoms with Gasteiger partial charge in [-0.25, -0.2) is 0 Å². The molecule has 4 nitrogen and oxygen atoms in total. The van der Waals surface area contributed by atoms with Gasteiger partial charge in [0.25, 0.3) is 5.91 Å². The second kappa shape index (κ2) is 8.03. The lowest BCUT2D eigenvalue weighted by Gasteiger charge is -2.25. The van der Waals surface area contributed by atoms with Crippen molar-refractivity contribution in [2.75, 3.05) is 4.90 Å². The van der Waals surface area contributed by atoms with E-state index in [2.05, 4.69) is 0 Å². The van der Waals surface area contributed by atoms with Gasteiger partial charge in [-0.3, -0.25) is 9.59 Å². The molecule has 0 spiro atoms. The highest BCUT2D eigenvalue weighted by Crippen LogP contribution is 2.36. The van der Waals surface area contributed by atoms with E-state index >= 15 is 0 Å². The van der Waals surface area contributed by atoms with Crippen molar-refractivity contribution in [3.8, 4) is 11.1 Å². The number of hydrogen-bond acceptors (Lipinski definition) is 3. The van der Waals surface area contributed by atoms with E-state index in [0.29, 0.717) is 6.54 Å². The Labute approximate surface area is 183 Å². The number of amides is 1. The van der Waals surface area contributed by atoms with Gasteiger partial charge in [-0.2, -0.15) is 0 Å². The average molecular weight is 414 g/mol.